The molecule has 0 saturated carbocycles. The van der Waals surface area contributed by atoms with Gasteiger partial charge in [-0.3, -0.25) is 4.79 Å². The fourth-order valence-corrected chi connectivity index (χ4v) is 3.70. The molecular formula is C25H24N3O4+. The monoisotopic (exact) mass is 430 g/mol. The summed E-state index contributed by atoms with van der Waals surface area (Å²) in [5.74, 6) is -0.681. The van der Waals surface area contributed by atoms with Gasteiger partial charge in [-0.2, -0.15) is 9.37 Å². The van der Waals surface area contributed by atoms with Gasteiger partial charge < -0.3 is 10.1 Å². The highest BCUT2D eigenvalue weighted by Crippen LogP contribution is 2.26. The van der Waals surface area contributed by atoms with Crippen molar-refractivity contribution in [1.82, 2.24) is 5.32 Å². The number of hydrogen-bond acceptors (Lipinski definition) is 4. The van der Waals surface area contributed by atoms with Crippen LogP contribution in [0.1, 0.15) is 11.1 Å². The fourth-order valence-electron chi connectivity index (χ4n) is 3.70. The molecule has 32 heavy (non-hydrogen) atoms. The van der Waals surface area contributed by atoms with Crippen LogP contribution in [0.4, 0.5) is 10.5 Å². The summed E-state index contributed by atoms with van der Waals surface area (Å²) in [4.78, 5) is 40.3. The second kappa shape index (κ2) is 9.01. The van der Waals surface area contributed by atoms with Crippen molar-refractivity contribution in [1.29, 1.82) is 0 Å². The van der Waals surface area contributed by atoms with E-state index in [4.69, 9.17) is 4.74 Å². The Labute approximate surface area is 186 Å². The molecule has 0 spiro atoms. The van der Waals surface area contributed by atoms with Crippen molar-refractivity contribution in [2.45, 2.75) is 13.5 Å². The maximum Gasteiger partial charge on any atom is 0.506 e. The minimum atomic E-state index is -0.635. The van der Waals surface area contributed by atoms with E-state index in [0.717, 1.165) is 16.0 Å². The van der Waals surface area contributed by atoms with Gasteiger partial charge in [-0.25, -0.2) is 4.79 Å². The van der Waals surface area contributed by atoms with Crippen molar-refractivity contribution in [3.05, 3.63) is 84.0 Å². The number of rotatable bonds is 6. The van der Waals surface area contributed by atoms with Gasteiger partial charge in [-0.05, 0) is 42.8 Å². The molecule has 1 aliphatic carbocycles. The third kappa shape index (κ3) is 4.23. The molecule has 1 aliphatic heterocycles. The fraction of sp³-hybridized carbons (Fsp3) is 0.200. The first-order chi connectivity index (χ1) is 15.5. The van der Waals surface area contributed by atoms with E-state index in [1.807, 2.05) is 31.2 Å². The average molecular weight is 430 g/mol. The topological polar surface area (TPSA) is 78.7 Å². The Kier molecular flexibility index (Phi) is 5.98. The van der Waals surface area contributed by atoms with Gasteiger partial charge in [0.05, 0.1) is 7.11 Å². The molecule has 162 valence electrons. The minimum Gasteiger partial charge on any atom is -0.497 e. The number of carbonyl (C=O) groups excluding carboxylic acids is 3. The average Bonchev–Trinajstić information content (AvgIpc) is 2.82. The molecular weight excluding hydrogens is 406 g/mol. The third-order valence-electron chi connectivity index (χ3n) is 5.46. The number of hydrogen-bond donors (Lipinski definition) is 1. The first-order valence-corrected chi connectivity index (χ1v) is 10.3. The molecule has 7 heteroatoms. The van der Waals surface area contributed by atoms with E-state index in [1.165, 1.54) is 4.58 Å². The van der Waals surface area contributed by atoms with Crippen LogP contribution in [0.2, 0.25) is 0 Å². The zero-order valence-electron chi connectivity index (χ0n) is 17.9. The number of urea groups is 1. The molecule has 0 fully saturated rings. The number of aryl methyl sites for hydroxylation is 1. The standard InChI is InChI=1S/C25H23N3O4/c1-17-7-9-18(10-8-17)15-26-23(29)16-27-22-6-4-3-5-21(22)24(30)28(25(27)31)19-11-13-20(32-2)14-12-19/h3-14,21H,15-16H2,1-2H3/p+1. The summed E-state index contributed by atoms with van der Waals surface area (Å²) in [7, 11) is 1.55. The molecule has 1 heterocycles. The van der Waals surface area contributed by atoms with E-state index in [1.54, 1.807) is 55.7 Å². The SMILES string of the molecule is COc1ccc(N2C(=O)C3C=CC=CC3=[N+](CC(=O)NCc3ccc(C)cc3)C2=O)cc1. The van der Waals surface area contributed by atoms with Crippen LogP contribution in [-0.4, -0.2) is 41.8 Å². The number of amides is 4. The summed E-state index contributed by atoms with van der Waals surface area (Å²) < 4.78 is 6.53. The minimum absolute atomic E-state index is 0.186. The van der Waals surface area contributed by atoms with Crippen molar-refractivity contribution in [3.63, 3.8) is 0 Å². The molecule has 1 unspecified atom stereocenters. The number of benzene rings is 2. The van der Waals surface area contributed by atoms with E-state index in [2.05, 4.69) is 5.32 Å². The lowest BCUT2D eigenvalue weighted by molar-refractivity contribution is -0.417. The van der Waals surface area contributed by atoms with E-state index in [-0.39, 0.29) is 18.4 Å². The molecule has 1 atom stereocenters. The summed E-state index contributed by atoms with van der Waals surface area (Å²) in [5, 5.41) is 2.85. The molecule has 2 aromatic carbocycles. The summed E-state index contributed by atoms with van der Waals surface area (Å²) >= 11 is 0. The van der Waals surface area contributed by atoms with Gasteiger partial charge in [0, 0.05) is 6.54 Å². The van der Waals surface area contributed by atoms with E-state index < -0.39 is 11.9 Å². The van der Waals surface area contributed by atoms with Crippen molar-refractivity contribution in [2.24, 2.45) is 5.92 Å². The molecule has 4 rings (SSSR count). The number of imide groups is 1. The van der Waals surface area contributed by atoms with E-state index >= 15 is 0 Å². The van der Waals surface area contributed by atoms with E-state index in [0.29, 0.717) is 23.7 Å². The molecule has 0 bridgehead atoms. The predicted molar refractivity (Wildman–Crippen MR) is 121 cm³/mol. The van der Waals surface area contributed by atoms with Gasteiger partial charge in [-0.1, -0.05) is 48.1 Å². The van der Waals surface area contributed by atoms with Crippen LogP contribution < -0.4 is 15.0 Å². The van der Waals surface area contributed by atoms with Crippen LogP contribution in [0.25, 0.3) is 0 Å². The maximum absolute atomic E-state index is 13.3. The molecule has 0 saturated heterocycles. The summed E-state index contributed by atoms with van der Waals surface area (Å²) in [6.07, 6.45) is 6.97. The number of ether oxygens (including phenoxy) is 1. The highest BCUT2D eigenvalue weighted by Gasteiger charge is 2.48. The van der Waals surface area contributed by atoms with Gasteiger partial charge >= 0.3 is 11.9 Å². The lowest BCUT2D eigenvalue weighted by Gasteiger charge is -2.26. The third-order valence-corrected chi connectivity index (χ3v) is 5.46. The first-order valence-electron chi connectivity index (χ1n) is 10.3. The number of carbonyl (C=O) groups is 3. The Bertz CT molecular complexity index is 1140. The van der Waals surface area contributed by atoms with Gasteiger partial charge in [-0.15, -0.1) is 4.90 Å². The molecule has 1 N–H and O–H groups in total. The predicted octanol–water partition coefficient (Wildman–Crippen LogP) is 2.98. The zero-order valence-corrected chi connectivity index (χ0v) is 17.9. The maximum atomic E-state index is 13.3. The van der Waals surface area contributed by atoms with Crippen LogP contribution in [-0.2, 0) is 16.1 Å². The molecule has 4 amide bonds. The van der Waals surface area contributed by atoms with Gasteiger partial charge in [0.2, 0.25) is 0 Å². The van der Waals surface area contributed by atoms with Crippen LogP contribution in [0.3, 0.4) is 0 Å². The highest BCUT2D eigenvalue weighted by atomic mass is 16.5. The van der Waals surface area contributed by atoms with E-state index in [9.17, 15) is 14.4 Å². The highest BCUT2D eigenvalue weighted by molar-refractivity contribution is 6.26. The Morgan fingerprint density at radius 1 is 1.06 bits per heavy atom. The van der Waals surface area contributed by atoms with Crippen LogP contribution in [0.5, 0.6) is 5.75 Å². The number of fused-ring (bicyclic) bond motifs is 1. The normalized spacial score (nSPS) is 17.4. The Morgan fingerprint density at radius 2 is 1.78 bits per heavy atom. The molecule has 0 radical (unpaired) electrons. The molecule has 2 aromatic rings. The second-order valence-electron chi connectivity index (χ2n) is 7.65. The van der Waals surface area contributed by atoms with Crippen LogP contribution in [0, 0.1) is 12.8 Å². The van der Waals surface area contributed by atoms with Crippen molar-refractivity contribution in [3.8, 4) is 5.75 Å². The molecule has 2 aliphatic rings. The quantitative estimate of drug-likeness (QED) is 0.715. The van der Waals surface area contributed by atoms with Crippen molar-refractivity contribution < 1.29 is 23.7 Å². The van der Waals surface area contributed by atoms with Crippen molar-refractivity contribution in [2.75, 3.05) is 18.6 Å². The number of methoxy groups -OCH3 is 1. The van der Waals surface area contributed by atoms with Crippen LogP contribution in [0.15, 0.2) is 72.8 Å². The number of nitrogens with zero attached hydrogens (tertiary/aromatic N) is 2. The Hall–Kier alpha value is -4.00. The lowest BCUT2D eigenvalue weighted by Crippen LogP contribution is -2.56. The Balaban J connectivity index is 1.58. The molecule has 0 aromatic heterocycles. The summed E-state index contributed by atoms with van der Waals surface area (Å²) in [5.41, 5.74) is 3.03. The largest absolute Gasteiger partial charge is 0.506 e. The summed E-state index contributed by atoms with van der Waals surface area (Å²) in [6.45, 7) is 2.17. The Morgan fingerprint density at radius 3 is 2.47 bits per heavy atom. The van der Waals surface area contributed by atoms with Gasteiger partial charge in [0.1, 0.15) is 23.1 Å². The lowest BCUT2D eigenvalue weighted by atomic mass is 9.94. The second-order valence-corrected chi connectivity index (χ2v) is 7.65. The van der Waals surface area contributed by atoms with Gasteiger partial charge in [0.15, 0.2) is 6.54 Å². The zero-order chi connectivity index (χ0) is 22.7. The molecule has 7 nitrogen and oxygen atoms in total. The van der Waals surface area contributed by atoms with Crippen LogP contribution >= 0.6 is 0 Å². The van der Waals surface area contributed by atoms with Gasteiger partial charge in [0.25, 0.3) is 5.91 Å². The smallest absolute Gasteiger partial charge is 0.497 e. The number of allylic oxidation sites excluding steroid dienone is 3. The first kappa shape index (κ1) is 21.2. The number of nitrogens with one attached hydrogen (secondary N) is 1. The van der Waals surface area contributed by atoms with Crippen molar-refractivity contribution >= 4 is 29.2 Å². The summed E-state index contributed by atoms with van der Waals surface area (Å²) in [6, 6.07) is 14.0. The number of anilines is 1.